The molecule has 2 heterocycles. The molecular weight excluding hydrogens is 429 g/mol. The number of methoxy groups -OCH3 is 1. The Bertz CT molecular complexity index is 1160. The van der Waals surface area contributed by atoms with Gasteiger partial charge in [0.05, 0.1) is 17.6 Å². The number of benzene rings is 2. The summed E-state index contributed by atoms with van der Waals surface area (Å²) in [4.78, 5) is 29.2. The molecule has 158 valence electrons. The van der Waals surface area contributed by atoms with E-state index in [0.29, 0.717) is 46.5 Å². The number of aromatic nitrogens is 1. The standard InChI is InChI=1S/C21H21Cl2N3O4/c1-13-11-24(15-4-5-16(23)18(10-15)29-2)7-8-25(13)20(27)12-26-17-6-3-14(22)9-19(17)30-21(26)28/h3-6,9-10,13H,7-8,11-12H2,1-2H3. The van der Waals surface area contributed by atoms with Crippen LogP contribution in [-0.2, 0) is 11.3 Å². The lowest BCUT2D eigenvalue weighted by Gasteiger charge is -2.41. The van der Waals surface area contributed by atoms with E-state index >= 15 is 0 Å². The van der Waals surface area contributed by atoms with Crippen LogP contribution >= 0.6 is 23.2 Å². The Labute approximate surface area is 183 Å². The summed E-state index contributed by atoms with van der Waals surface area (Å²) in [7, 11) is 1.58. The van der Waals surface area contributed by atoms with Gasteiger partial charge in [-0.3, -0.25) is 9.36 Å². The minimum absolute atomic E-state index is 0.0313. The zero-order chi connectivity index (χ0) is 21.4. The Morgan fingerprint density at radius 2 is 2.00 bits per heavy atom. The second-order valence-electron chi connectivity index (χ2n) is 7.27. The van der Waals surface area contributed by atoms with E-state index in [1.807, 2.05) is 19.1 Å². The molecule has 4 rings (SSSR count). The highest BCUT2D eigenvalue weighted by atomic mass is 35.5. The van der Waals surface area contributed by atoms with Gasteiger partial charge in [0, 0.05) is 48.5 Å². The van der Waals surface area contributed by atoms with E-state index in [1.54, 1.807) is 36.3 Å². The monoisotopic (exact) mass is 449 g/mol. The van der Waals surface area contributed by atoms with Crippen molar-refractivity contribution < 1.29 is 13.9 Å². The Morgan fingerprint density at radius 3 is 2.73 bits per heavy atom. The summed E-state index contributed by atoms with van der Waals surface area (Å²) in [5.41, 5.74) is 1.91. The van der Waals surface area contributed by atoms with E-state index in [-0.39, 0.29) is 18.5 Å². The third kappa shape index (κ3) is 3.87. The predicted octanol–water partition coefficient (Wildman–Crippen LogP) is 3.65. The Kier molecular flexibility index (Phi) is 5.66. The van der Waals surface area contributed by atoms with Crippen molar-refractivity contribution in [1.82, 2.24) is 9.47 Å². The molecule has 1 aliphatic heterocycles. The summed E-state index contributed by atoms with van der Waals surface area (Å²) >= 11 is 12.1. The number of halogens is 2. The minimum atomic E-state index is -0.569. The van der Waals surface area contributed by atoms with E-state index in [9.17, 15) is 9.59 Å². The smallest absolute Gasteiger partial charge is 0.420 e. The molecular formula is C21H21Cl2N3O4. The number of nitrogens with zero attached hydrogens (tertiary/aromatic N) is 3. The highest BCUT2D eigenvalue weighted by molar-refractivity contribution is 6.32. The van der Waals surface area contributed by atoms with E-state index in [1.165, 1.54) is 4.57 Å². The van der Waals surface area contributed by atoms with Crippen LogP contribution in [0, 0.1) is 0 Å². The molecule has 0 N–H and O–H groups in total. The Morgan fingerprint density at radius 1 is 1.20 bits per heavy atom. The number of hydrogen-bond acceptors (Lipinski definition) is 5. The first-order valence-electron chi connectivity index (χ1n) is 9.54. The van der Waals surface area contributed by atoms with Crippen molar-refractivity contribution in [3.8, 4) is 5.75 Å². The molecule has 1 fully saturated rings. The highest BCUT2D eigenvalue weighted by Crippen LogP contribution is 2.30. The molecule has 3 aromatic rings. The fraction of sp³-hybridized carbons (Fsp3) is 0.333. The van der Waals surface area contributed by atoms with Crippen LogP contribution in [0.25, 0.3) is 11.1 Å². The largest absolute Gasteiger partial charge is 0.495 e. The number of hydrogen-bond donors (Lipinski definition) is 0. The zero-order valence-electron chi connectivity index (χ0n) is 16.6. The number of oxazole rings is 1. The van der Waals surface area contributed by atoms with Crippen LogP contribution in [0.2, 0.25) is 10.0 Å². The first-order valence-corrected chi connectivity index (χ1v) is 10.3. The van der Waals surface area contributed by atoms with Gasteiger partial charge in [-0.2, -0.15) is 0 Å². The zero-order valence-corrected chi connectivity index (χ0v) is 18.1. The summed E-state index contributed by atoms with van der Waals surface area (Å²) in [5.74, 6) is -0.0811. The number of piperazine rings is 1. The first-order chi connectivity index (χ1) is 14.4. The van der Waals surface area contributed by atoms with Gasteiger partial charge in [-0.15, -0.1) is 0 Å². The fourth-order valence-electron chi connectivity index (χ4n) is 3.82. The summed E-state index contributed by atoms with van der Waals surface area (Å²) < 4.78 is 11.9. The average molecular weight is 450 g/mol. The van der Waals surface area contributed by atoms with Crippen molar-refractivity contribution in [3.05, 3.63) is 57.0 Å². The number of rotatable bonds is 4. The summed E-state index contributed by atoms with van der Waals surface area (Å²) in [6, 6.07) is 10.5. The van der Waals surface area contributed by atoms with Crippen LogP contribution in [-0.4, -0.2) is 48.2 Å². The topological polar surface area (TPSA) is 67.9 Å². The molecule has 0 bridgehead atoms. The van der Waals surface area contributed by atoms with E-state index in [2.05, 4.69) is 4.90 Å². The van der Waals surface area contributed by atoms with E-state index < -0.39 is 5.76 Å². The van der Waals surface area contributed by atoms with Crippen LogP contribution in [0.4, 0.5) is 5.69 Å². The lowest BCUT2D eigenvalue weighted by molar-refractivity contribution is -0.134. The van der Waals surface area contributed by atoms with Crippen LogP contribution < -0.4 is 15.4 Å². The minimum Gasteiger partial charge on any atom is -0.495 e. The van der Waals surface area contributed by atoms with Crippen molar-refractivity contribution in [1.29, 1.82) is 0 Å². The third-order valence-electron chi connectivity index (χ3n) is 5.37. The molecule has 1 aliphatic rings. The normalized spacial score (nSPS) is 16.9. The maximum atomic E-state index is 13.0. The van der Waals surface area contributed by atoms with Crippen molar-refractivity contribution in [2.45, 2.75) is 19.5 Å². The number of fused-ring (bicyclic) bond motifs is 1. The molecule has 1 atom stereocenters. The number of anilines is 1. The molecule has 0 radical (unpaired) electrons. The maximum absolute atomic E-state index is 13.0. The van der Waals surface area contributed by atoms with Crippen molar-refractivity contribution in [2.24, 2.45) is 0 Å². The van der Waals surface area contributed by atoms with Crippen molar-refractivity contribution in [3.63, 3.8) is 0 Å². The van der Waals surface area contributed by atoms with Gasteiger partial charge in [-0.05, 0) is 31.2 Å². The average Bonchev–Trinajstić information content (AvgIpc) is 3.02. The van der Waals surface area contributed by atoms with Gasteiger partial charge in [-0.25, -0.2) is 4.79 Å². The van der Waals surface area contributed by atoms with Crippen molar-refractivity contribution >= 4 is 45.9 Å². The van der Waals surface area contributed by atoms with Crippen LogP contribution in [0.3, 0.4) is 0 Å². The summed E-state index contributed by atoms with van der Waals surface area (Å²) in [6.45, 7) is 3.78. The molecule has 0 saturated carbocycles. The maximum Gasteiger partial charge on any atom is 0.420 e. The van der Waals surface area contributed by atoms with Gasteiger partial charge in [0.2, 0.25) is 5.91 Å². The molecule has 0 aliphatic carbocycles. The molecule has 9 heteroatoms. The van der Waals surface area contributed by atoms with E-state index in [0.717, 1.165) is 5.69 Å². The predicted molar refractivity (Wildman–Crippen MR) is 117 cm³/mol. The first kappa shape index (κ1) is 20.6. The Balaban J connectivity index is 1.48. The summed E-state index contributed by atoms with van der Waals surface area (Å²) in [5, 5.41) is 1.03. The highest BCUT2D eigenvalue weighted by Gasteiger charge is 2.28. The third-order valence-corrected chi connectivity index (χ3v) is 5.92. The molecule has 1 aromatic heterocycles. The van der Waals surface area contributed by atoms with Crippen LogP contribution in [0.5, 0.6) is 5.75 Å². The van der Waals surface area contributed by atoms with Gasteiger partial charge < -0.3 is 19.0 Å². The van der Waals surface area contributed by atoms with Gasteiger partial charge in [0.1, 0.15) is 12.3 Å². The molecule has 30 heavy (non-hydrogen) atoms. The molecule has 2 aromatic carbocycles. The fourth-order valence-corrected chi connectivity index (χ4v) is 4.18. The molecule has 0 spiro atoms. The van der Waals surface area contributed by atoms with Gasteiger partial charge in [0.25, 0.3) is 0 Å². The number of ether oxygens (including phenoxy) is 1. The molecule has 7 nitrogen and oxygen atoms in total. The Hall–Kier alpha value is -2.64. The SMILES string of the molecule is COc1cc(N2CCN(C(=O)Cn3c(=O)oc4cc(Cl)ccc43)C(C)C2)ccc1Cl. The molecule has 1 amide bonds. The summed E-state index contributed by atoms with van der Waals surface area (Å²) in [6.07, 6.45) is 0. The second-order valence-corrected chi connectivity index (χ2v) is 8.11. The number of carbonyl (C=O) groups excluding carboxylic acids is 1. The lowest BCUT2D eigenvalue weighted by atomic mass is 10.1. The van der Waals surface area contributed by atoms with E-state index in [4.69, 9.17) is 32.4 Å². The number of carbonyl (C=O) groups is 1. The van der Waals surface area contributed by atoms with Gasteiger partial charge >= 0.3 is 5.76 Å². The van der Waals surface area contributed by atoms with Gasteiger partial charge in [0.15, 0.2) is 5.58 Å². The van der Waals surface area contributed by atoms with Crippen LogP contribution in [0.15, 0.2) is 45.6 Å². The molecule has 1 unspecified atom stereocenters. The number of amides is 1. The second kappa shape index (κ2) is 8.24. The molecule has 1 saturated heterocycles. The van der Waals surface area contributed by atoms with Gasteiger partial charge in [-0.1, -0.05) is 23.2 Å². The van der Waals surface area contributed by atoms with Crippen LogP contribution in [0.1, 0.15) is 6.92 Å². The quantitative estimate of drug-likeness (QED) is 0.607. The van der Waals surface area contributed by atoms with Crippen molar-refractivity contribution in [2.75, 3.05) is 31.6 Å². The lowest BCUT2D eigenvalue weighted by Crippen LogP contribution is -2.55.